The van der Waals surface area contributed by atoms with Crippen LogP contribution in [0.1, 0.15) is 31.9 Å². The third-order valence-corrected chi connectivity index (χ3v) is 2.55. The van der Waals surface area contributed by atoms with Gasteiger partial charge in [-0.3, -0.25) is 0 Å². The van der Waals surface area contributed by atoms with Crippen LogP contribution in [0.3, 0.4) is 0 Å². The molecule has 1 aromatic rings. The Morgan fingerprint density at radius 3 is 2.58 bits per heavy atom. The van der Waals surface area contributed by atoms with E-state index in [1.165, 1.54) is 6.07 Å². The molecule has 0 fully saturated rings. The van der Waals surface area contributed by atoms with E-state index < -0.39 is 0 Å². The van der Waals surface area contributed by atoms with Crippen molar-refractivity contribution in [3.05, 3.63) is 35.1 Å². The van der Waals surface area contributed by atoms with Crippen molar-refractivity contribution in [2.75, 3.05) is 20.1 Å². The number of hydrogen-bond donors (Lipinski definition) is 1. The highest BCUT2D eigenvalue weighted by atomic mass is 19.1. The zero-order chi connectivity index (χ0) is 14.5. The van der Waals surface area contributed by atoms with Crippen molar-refractivity contribution in [2.24, 2.45) is 11.1 Å². The molecule has 104 valence electrons. The normalized spacial score (nSPS) is 11.3. The summed E-state index contributed by atoms with van der Waals surface area (Å²) in [5.74, 6) is 5.17. The molecule has 0 saturated carbocycles. The molecule has 2 nitrogen and oxygen atoms in total. The summed E-state index contributed by atoms with van der Waals surface area (Å²) in [5.41, 5.74) is 7.04. The quantitative estimate of drug-likeness (QED) is 0.848. The van der Waals surface area contributed by atoms with Crippen LogP contribution < -0.4 is 5.73 Å². The molecular weight excluding hydrogens is 239 g/mol. The van der Waals surface area contributed by atoms with Crippen LogP contribution in [0.2, 0.25) is 0 Å². The minimum absolute atomic E-state index is 0.244. The highest BCUT2D eigenvalue weighted by Gasteiger charge is 2.13. The Morgan fingerprint density at radius 2 is 2.00 bits per heavy atom. The minimum Gasteiger partial charge on any atom is -0.320 e. The molecule has 0 aromatic heterocycles. The van der Waals surface area contributed by atoms with E-state index in [2.05, 4.69) is 44.6 Å². The smallest absolute Gasteiger partial charge is 0.138 e. The van der Waals surface area contributed by atoms with E-state index in [1.54, 1.807) is 6.07 Å². The zero-order valence-corrected chi connectivity index (χ0v) is 12.3. The second-order valence-corrected chi connectivity index (χ2v) is 6.05. The van der Waals surface area contributed by atoms with Gasteiger partial charge in [-0.1, -0.05) is 38.7 Å². The first-order valence-electron chi connectivity index (χ1n) is 6.48. The minimum atomic E-state index is -0.289. The van der Waals surface area contributed by atoms with Crippen LogP contribution in [0.25, 0.3) is 0 Å². The third-order valence-electron chi connectivity index (χ3n) is 2.55. The second kappa shape index (κ2) is 6.70. The van der Waals surface area contributed by atoms with Gasteiger partial charge in [-0.05, 0) is 30.2 Å². The third kappa shape index (κ3) is 5.87. The predicted octanol–water partition coefficient (Wildman–Crippen LogP) is 2.61. The molecule has 0 unspecified atom stereocenters. The van der Waals surface area contributed by atoms with Gasteiger partial charge in [-0.2, -0.15) is 0 Å². The summed E-state index contributed by atoms with van der Waals surface area (Å²) < 4.78 is 13.5. The lowest BCUT2D eigenvalue weighted by atomic mass is 9.96. The van der Waals surface area contributed by atoms with Gasteiger partial charge < -0.3 is 10.6 Å². The molecule has 0 aliphatic heterocycles. The lowest BCUT2D eigenvalue weighted by molar-refractivity contribution is 0.221. The summed E-state index contributed by atoms with van der Waals surface area (Å²) in [6.07, 6.45) is 0. The van der Waals surface area contributed by atoms with Crippen molar-refractivity contribution in [1.82, 2.24) is 4.90 Å². The number of benzene rings is 1. The molecule has 1 aromatic carbocycles. The van der Waals surface area contributed by atoms with Gasteiger partial charge in [0.25, 0.3) is 0 Å². The molecule has 0 aliphatic carbocycles. The Morgan fingerprint density at radius 1 is 1.32 bits per heavy atom. The summed E-state index contributed by atoms with van der Waals surface area (Å²) in [5, 5.41) is 0. The Labute approximate surface area is 115 Å². The van der Waals surface area contributed by atoms with E-state index in [0.29, 0.717) is 5.56 Å². The number of hydrogen-bond acceptors (Lipinski definition) is 2. The second-order valence-electron chi connectivity index (χ2n) is 6.05. The maximum Gasteiger partial charge on any atom is 0.138 e. The van der Waals surface area contributed by atoms with Crippen molar-refractivity contribution in [1.29, 1.82) is 0 Å². The molecule has 1 rings (SSSR count). The van der Waals surface area contributed by atoms with Gasteiger partial charge in [0.05, 0.1) is 12.1 Å². The van der Waals surface area contributed by atoms with Gasteiger partial charge in [-0.15, -0.1) is 0 Å². The van der Waals surface area contributed by atoms with Gasteiger partial charge in [0.2, 0.25) is 0 Å². The topological polar surface area (TPSA) is 29.3 Å². The molecule has 0 atom stereocenters. The van der Waals surface area contributed by atoms with Crippen molar-refractivity contribution in [3.8, 4) is 11.8 Å². The van der Waals surface area contributed by atoms with E-state index >= 15 is 0 Å². The molecule has 0 saturated heterocycles. The van der Waals surface area contributed by atoms with Crippen LogP contribution in [-0.4, -0.2) is 25.0 Å². The Balaban J connectivity index is 2.79. The first-order chi connectivity index (χ1) is 8.81. The molecule has 0 aliphatic rings. The molecule has 0 amide bonds. The average molecular weight is 262 g/mol. The van der Waals surface area contributed by atoms with Gasteiger partial charge in [0.15, 0.2) is 0 Å². The fourth-order valence-electron chi connectivity index (χ4n) is 2.09. The highest BCUT2D eigenvalue weighted by Crippen LogP contribution is 2.17. The lowest BCUT2D eigenvalue weighted by Crippen LogP contribution is -2.28. The van der Waals surface area contributed by atoms with E-state index in [9.17, 15) is 4.39 Å². The monoisotopic (exact) mass is 262 g/mol. The highest BCUT2D eigenvalue weighted by molar-refractivity contribution is 5.38. The molecule has 19 heavy (non-hydrogen) atoms. The molecular formula is C16H23FN2. The Hall–Kier alpha value is -1.37. The first kappa shape index (κ1) is 15.7. The largest absolute Gasteiger partial charge is 0.320 e. The Kier molecular flexibility index (Phi) is 5.53. The van der Waals surface area contributed by atoms with Crippen molar-refractivity contribution in [3.63, 3.8) is 0 Å². The summed E-state index contributed by atoms with van der Waals surface area (Å²) in [7, 11) is 2.07. The number of rotatable bonds is 3. The number of nitrogens with zero attached hydrogens (tertiary/aromatic N) is 1. The van der Waals surface area contributed by atoms with Crippen LogP contribution in [-0.2, 0) is 6.54 Å². The van der Waals surface area contributed by atoms with E-state index in [-0.39, 0.29) is 17.8 Å². The molecule has 0 bridgehead atoms. The maximum absolute atomic E-state index is 13.5. The zero-order valence-electron chi connectivity index (χ0n) is 12.3. The van der Waals surface area contributed by atoms with Crippen LogP contribution >= 0.6 is 0 Å². The lowest BCUT2D eigenvalue weighted by Gasteiger charge is -2.26. The van der Waals surface area contributed by atoms with E-state index in [1.807, 2.05) is 6.07 Å². The fourth-order valence-corrected chi connectivity index (χ4v) is 2.09. The van der Waals surface area contributed by atoms with Gasteiger partial charge in [0.1, 0.15) is 5.82 Å². The van der Waals surface area contributed by atoms with Crippen molar-refractivity contribution in [2.45, 2.75) is 27.3 Å². The van der Waals surface area contributed by atoms with Crippen LogP contribution in [0.15, 0.2) is 18.2 Å². The van der Waals surface area contributed by atoms with Crippen LogP contribution in [0, 0.1) is 23.1 Å². The maximum atomic E-state index is 13.5. The van der Waals surface area contributed by atoms with Crippen molar-refractivity contribution >= 4 is 0 Å². The fraction of sp³-hybridized carbons (Fsp3) is 0.500. The molecule has 2 N–H and O–H groups in total. The molecule has 3 heteroatoms. The van der Waals surface area contributed by atoms with Gasteiger partial charge in [-0.25, -0.2) is 4.39 Å². The van der Waals surface area contributed by atoms with Gasteiger partial charge in [0, 0.05) is 13.1 Å². The number of halogens is 1. The van der Waals surface area contributed by atoms with Gasteiger partial charge >= 0.3 is 0 Å². The first-order valence-corrected chi connectivity index (χ1v) is 6.48. The summed E-state index contributed by atoms with van der Waals surface area (Å²) >= 11 is 0. The number of nitrogens with two attached hydrogens (primary N) is 1. The molecule has 0 spiro atoms. The molecule has 0 radical (unpaired) electrons. The summed E-state index contributed by atoms with van der Waals surface area (Å²) in [6.45, 7) is 8.61. The van der Waals surface area contributed by atoms with E-state index in [0.717, 1.165) is 18.7 Å². The van der Waals surface area contributed by atoms with Crippen LogP contribution in [0.4, 0.5) is 4.39 Å². The summed E-state index contributed by atoms with van der Waals surface area (Å²) in [4.78, 5) is 2.23. The summed E-state index contributed by atoms with van der Waals surface area (Å²) in [6, 6.07) is 5.08. The standard InChI is InChI=1S/C16H23FN2/c1-16(2,3)12-19(4)11-13-7-8-15(17)14(10-13)6-5-9-18/h7-8,10H,9,11-12,18H2,1-4H3. The van der Waals surface area contributed by atoms with Crippen molar-refractivity contribution < 1.29 is 4.39 Å². The predicted molar refractivity (Wildman–Crippen MR) is 78.1 cm³/mol. The molecule has 0 heterocycles. The average Bonchev–Trinajstić information content (AvgIpc) is 2.27. The van der Waals surface area contributed by atoms with E-state index in [4.69, 9.17) is 5.73 Å². The SMILES string of the molecule is CN(Cc1ccc(F)c(C#CCN)c1)CC(C)(C)C. The Bertz CT molecular complexity index is 478. The van der Waals surface area contributed by atoms with Crippen LogP contribution in [0.5, 0.6) is 0 Å².